The smallest absolute Gasteiger partial charge is 0.306 e. The molecule has 1 aliphatic heterocycles. The normalized spacial score (nSPS) is 19.2. The Labute approximate surface area is 105 Å². The van der Waals surface area contributed by atoms with Gasteiger partial charge in [0.2, 0.25) is 0 Å². The van der Waals surface area contributed by atoms with Crippen LogP contribution in [0.2, 0.25) is 5.02 Å². The minimum Gasteiger partial charge on any atom is -0.462 e. The summed E-state index contributed by atoms with van der Waals surface area (Å²) in [6.07, 6.45) is 2.67. The molecule has 0 saturated carbocycles. The molecule has 90 valence electrons. The molecule has 1 aromatic carbocycles. The number of nitrogens with one attached hydrogen (secondary N) is 1. The molecule has 0 radical (unpaired) electrons. The molecule has 1 aliphatic rings. The van der Waals surface area contributed by atoms with Gasteiger partial charge in [0, 0.05) is 5.02 Å². The van der Waals surface area contributed by atoms with E-state index in [0.29, 0.717) is 17.7 Å². The van der Waals surface area contributed by atoms with Gasteiger partial charge in [-0.25, -0.2) is 10.4 Å². The topological polar surface area (TPSA) is 46.0 Å². The maximum absolute atomic E-state index is 5.78. The van der Waals surface area contributed by atoms with Gasteiger partial charge in [0.05, 0.1) is 12.3 Å². The van der Waals surface area contributed by atoms with Crippen molar-refractivity contribution >= 4 is 23.8 Å². The van der Waals surface area contributed by atoms with Gasteiger partial charge in [0.15, 0.2) is 0 Å². The summed E-state index contributed by atoms with van der Waals surface area (Å²) < 4.78 is 5.32. The van der Waals surface area contributed by atoms with Crippen LogP contribution in [0.3, 0.4) is 0 Å². The molecule has 1 unspecified atom stereocenters. The first kappa shape index (κ1) is 11.9. The predicted octanol–water partition coefficient (Wildman–Crippen LogP) is 2.43. The molecule has 1 aromatic rings. The number of amidine groups is 1. The maximum atomic E-state index is 5.78. The van der Waals surface area contributed by atoms with E-state index in [-0.39, 0.29) is 6.04 Å². The van der Waals surface area contributed by atoms with Crippen LogP contribution in [0.4, 0.5) is 0 Å². The number of halogens is 1. The van der Waals surface area contributed by atoms with Crippen LogP contribution in [0, 0.1) is 0 Å². The zero-order valence-corrected chi connectivity index (χ0v) is 10.3. The van der Waals surface area contributed by atoms with Gasteiger partial charge in [-0.15, -0.1) is 0 Å². The van der Waals surface area contributed by atoms with Gasteiger partial charge in [-0.1, -0.05) is 30.7 Å². The van der Waals surface area contributed by atoms with Crippen LogP contribution in [0.15, 0.2) is 34.4 Å². The van der Waals surface area contributed by atoms with Crippen molar-refractivity contribution in [1.29, 1.82) is 0 Å². The number of aliphatic imine (C=N–C) groups is 1. The lowest BCUT2D eigenvalue weighted by molar-refractivity contribution is 0.303. The van der Waals surface area contributed by atoms with E-state index in [4.69, 9.17) is 16.3 Å². The molecular formula is C12H14ClN3O. The van der Waals surface area contributed by atoms with E-state index in [1.54, 1.807) is 6.21 Å². The van der Waals surface area contributed by atoms with Crippen LogP contribution in [0.1, 0.15) is 18.9 Å². The highest BCUT2D eigenvalue weighted by molar-refractivity contribution is 6.30. The summed E-state index contributed by atoms with van der Waals surface area (Å²) in [6, 6.07) is 8.16. The summed E-state index contributed by atoms with van der Waals surface area (Å²) in [4.78, 5) is 4.30. The first-order chi connectivity index (χ1) is 8.28. The third-order valence-corrected chi connectivity index (χ3v) is 2.68. The Balaban J connectivity index is 1.88. The first-order valence-corrected chi connectivity index (χ1v) is 5.91. The van der Waals surface area contributed by atoms with Gasteiger partial charge in [-0.05, 0) is 24.1 Å². The van der Waals surface area contributed by atoms with E-state index in [2.05, 4.69) is 22.4 Å². The Morgan fingerprint density at radius 1 is 1.53 bits per heavy atom. The number of ether oxygens (including phenoxy) is 1. The minimum atomic E-state index is 0.253. The molecule has 0 amide bonds. The van der Waals surface area contributed by atoms with E-state index in [0.717, 1.165) is 12.0 Å². The third-order valence-electron chi connectivity index (χ3n) is 2.43. The van der Waals surface area contributed by atoms with Crippen LogP contribution < -0.4 is 5.43 Å². The third kappa shape index (κ3) is 3.46. The summed E-state index contributed by atoms with van der Waals surface area (Å²) in [5, 5.41) is 4.76. The molecule has 5 heteroatoms. The van der Waals surface area contributed by atoms with Crippen LogP contribution in [-0.4, -0.2) is 24.9 Å². The summed E-state index contributed by atoms with van der Waals surface area (Å²) >= 11 is 5.78. The summed E-state index contributed by atoms with van der Waals surface area (Å²) in [6.45, 7) is 2.72. The summed E-state index contributed by atoms with van der Waals surface area (Å²) in [5.41, 5.74) is 3.74. The number of rotatable bonds is 3. The predicted molar refractivity (Wildman–Crippen MR) is 69.6 cm³/mol. The van der Waals surface area contributed by atoms with Crippen LogP contribution in [0.25, 0.3) is 0 Å². The van der Waals surface area contributed by atoms with Gasteiger partial charge in [-0.2, -0.15) is 5.10 Å². The fraction of sp³-hybridized carbons (Fsp3) is 0.333. The van der Waals surface area contributed by atoms with Gasteiger partial charge < -0.3 is 4.74 Å². The highest BCUT2D eigenvalue weighted by atomic mass is 35.5. The molecule has 0 saturated heterocycles. The largest absolute Gasteiger partial charge is 0.462 e. The summed E-state index contributed by atoms with van der Waals surface area (Å²) in [7, 11) is 0. The summed E-state index contributed by atoms with van der Waals surface area (Å²) in [5.74, 6) is 0. The molecule has 0 bridgehead atoms. The molecule has 1 atom stereocenters. The number of nitrogens with zero attached hydrogens (tertiary/aromatic N) is 2. The van der Waals surface area contributed by atoms with Crippen molar-refractivity contribution in [2.24, 2.45) is 10.1 Å². The quantitative estimate of drug-likeness (QED) is 0.663. The molecule has 1 heterocycles. The zero-order chi connectivity index (χ0) is 12.1. The van der Waals surface area contributed by atoms with E-state index in [1.807, 2.05) is 24.3 Å². The Bertz CT molecular complexity index is 428. The van der Waals surface area contributed by atoms with E-state index in [1.165, 1.54) is 0 Å². The molecule has 1 N–H and O–H groups in total. The number of hydrogen-bond acceptors (Lipinski definition) is 4. The lowest BCUT2D eigenvalue weighted by Gasteiger charge is -1.98. The number of hydrogen-bond donors (Lipinski definition) is 1. The average molecular weight is 252 g/mol. The van der Waals surface area contributed by atoms with Crippen molar-refractivity contribution in [3.63, 3.8) is 0 Å². The SMILES string of the molecule is CCC1COC(N/N=C/c2ccc(Cl)cc2)=N1. The molecule has 0 fully saturated rings. The lowest BCUT2D eigenvalue weighted by atomic mass is 10.2. The van der Waals surface area contributed by atoms with Crippen LogP contribution >= 0.6 is 11.6 Å². The van der Waals surface area contributed by atoms with E-state index >= 15 is 0 Å². The number of benzene rings is 1. The maximum Gasteiger partial charge on any atom is 0.306 e. The van der Waals surface area contributed by atoms with Crippen LogP contribution in [0.5, 0.6) is 0 Å². The first-order valence-electron chi connectivity index (χ1n) is 5.53. The molecule has 0 spiro atoms. The van der Waals surface area contributed by atoms with Crippen molar-refractivity contribution in [1.82, 2.24) is 5.43 Å². The van der Waals surface area contributed by atoms with Crippen molar-refractivity contribution < 1.29 is 4.74 Å². The molecule has 4 nitrogen and oxygen atoms in total. The van der Waals surface area contributed by atoms with Crippen molar-refractivity contribution in [2.75, 3.05) is 6.61 Å². The van der Waals surface area contributed by atoms with Gasteiger partial charge in [0.1, 0.15) is 6.61 Å². The van der Waals surface area contributed by atoms with E-state index < -0.39 is 0 Å². The molecule has 0 aromatic heterocycles. The second-order valence-corrected chi connectivity index (χ2v) is 4.17. The molecule has 0 aliphatic carbocycles. The van der Waals surface area contributed by atoms with Crippen LogP contribution in [-0.2, 0) is 4.74 Å². The Morgan fingerprint density at radius 2 is 2.29 bits per heavy atom. The van der Waals surface area contributed by atoms with Gasteiger partial charge >= 0.3 is 6.02 Å². The minimum absolute atomic E-state index is 0.253. The standard InChI is InChI=1S/C12H14ClN3O/c1-2-11-8-17-12(15-11)16-14-7-9-3-5-10(13)6-4-9/h3-7,11H,2,8H2,1H3,(H,15,16)/b14-7+. The van der Waals surface area contributed by atoms with Crippen molar-refractivity contribution in [2.45, 2.75) is 19.4 Å². The highest BCUT2D eigenvalue weighted by Crippen LogP contribution is 2.08. The fourth-order valence-corrected chi connectivity index (χ4v) is 1.52. The second kappa shape index (κ2) is 5.68. The van der Waals surface area contributed by atoms with Crippen molar-refractivity contribution in [3.05, 3.63) is 34.9 Å². The Morgan fingerprint density at radius 3 is 2.94 bits per heavy atom. The fourth-order valence-electron chi connectivity index (χ4n) is 1.40. The van der Waals surface area contributed by atoms with Gasteiger partial charge in [0.25, 0.3) is 0 Å². The second-order valence-electron chi connectivity index (χ2n) is 3.73. The van der Waals surface area contributed by atoms with Gasteiger partial charge in [-0.3, -0.25) is 0 Å². The average Bonchev–Trinajstić information content (AvgIpc) is 2.80. The lowest BCUT2D eigenvalue weighted by Crippen LogP contribution is -2.17. The number of hydrazone groups is 1. The molecule has 2 rings (SSSR count). The zero-order valence-electron chi connectivity index (χ0n) is 9.56. The monoisotopic (exact) mass is 251 g/mol. The van der Waals surface area contributed by atoms with E-state index in [9.17, 15) is 0 Å². The molecular weight excluding hydrogens is 238 g/mol. The Kier molecular flexibility index (Phi) is 3.98. The highest BCUT2D eigenvalue weighted by Gasteiger charge is 2.15. The van der Waals surface area contributed by atoms with Crippen molar-refractivity contribution in [3.8, 4) is 0 Å². The Hall–Kier alpha value is -1.55. The molecule has 17 heavy (non-hydrogen) atoms.